The van der Waals surface area contributed by atoms with Crippen molar-refractivity contribution in [1.82, 2.24) is 15.2 Å². The molecule has 0 saturated carbocycles. The van der Waals surface area contributed by atoms with Gasteiger partial charge in [-0.15, -0.1) is 6.58 Å². The number of pyridine rings is 1. The Morgan fingerprint density at radius 2 is 1.80 bits per heavy atom. The zero-order valence-corrected chi connectivity index (χ0v) is 24.2. The molecule has 0 aliphatic carbocycles. The van der Waals surface area contributed by atoms with E-state index in [0.717, 1.165) is 5.56 Å². The molecule has 212 valence electrons. The van der Waals surface area contributed by atoms with Gasteiger partial charge in [0.05, 0.1) is 11.3 Å². The molecule has 0 fully saturated rings. The van der Waals surface area contributed by atoms with Gasteiger partial charge in [0.25, 0.3) is 0 Å². The molecule has 1 N–H and O–H groups in total. The number of benzene rings is 2. The van der Waals surface area contributed by atoms with E-state index < -0.39 is 11.6 Å². The molecule has 0 radical (unpaired) electrons. The molecule has 1 aromatic heterocycles. The summed E-state index contributed by atoms with van der Waals surface area (Å²) in [5.74, 6) is -0.705. The van der Waals surface area contributed by atoms with Gasteiger partial charge in [0, 0.05) is 31.7 Å². The summed E-state index contributed by atoms with van der Waals surface area (Å²) in [7, 11) is 3.49. The second-order valence-electron chi connectivity index (χ2n) is 10.6. The van der Waals surface area contributed by atoms with E-state index in [2.05, 4.69) is 21.9 Å². The third-order valence-corrected chi connectivity index (χ3v) is 6.72. The fraction of sp³-hybridized carbons (Fsp3) is 0.344. The largest absolute Gasteiger partial charge is 0.352 e. The lowest BCUT2D eigenvalue weighted by Gasteiger charge is -2.34. The molecule has 6 nitrogen and oxygen atoms in total. The quantitative estimate of drug-likeness (QED) is 0.129. The summed E-state index contributed by atoms with van der Waals surface area (Å²) in [6.45, 7) is 13.2. The highest BCUT2D eigenvalue weighted by Gasteiger charge is 2.30. The zero-order chi connectivity index (χ0) is 29.4. The van der Waals surface area contributed by atoms with Crippen LogP contribution in [-0.4, -0.2) is 55.4 Å². The van der Waals surface area contributed by atoms with Gasteiger partial charge in [-0.05, 0) is 55.6 Å². The number of hydrogen-bond donors (Lipinski definition) is 1. The van der Waals surface area contributed by atoms with E-state index in [1.54, 1.807) is 13.1 Å². The normalized spacial score (nSPS) is 12.7. The number of amides is 1. The van der Waals surface area contributed by atoms with E-state index in [1.807, 2.05) is 70.0 Å². The number of carbonyl (C=O) groups is 1. The number of aromatic nitrogens is 1. The van der Waals surface area contributed by atoms with Gasteiger partial charge in [0.1, 0.15) is 23.2 Å². The molecule has 1 amide bonds. The van der Waals surface area contributed by atoms with Crippen LogP contribution in [-0.2, 0) is 10.2 Å². The minimum absolute atomic E-state index is 0.00445. The van der Waals surface area contributed by atoms with E-state index in [1.165, 1.54) is 29.2 Å². The molecular weight excluding hydrogens is 508 g/mol. The van der Waals surface area contributed by atoms with Crippen molar-refractivity contribution in [1.29, 1.82) is 0 Å². The van der Waals surface area contributed by atoms with E-state index in [9.17, 15) is 9.18 Å². The van der Waals surface area contributed by atoms with Crippen LogP contribution in [0.15, 0.2) is 72.2 Å². The lowest BCUT2D eigenvalue weighted by molar-refractivity contribution is -0.106. The summed E-state index contributed by atoms with van der Waals surface area (Å²) in [6, 6.07) is 14.7. The van der Waals surface area contributed by atoms with E-state index in [0.29, 0.717) is 43.0 Å². The van der Waals surface area contributed by atoms with Crippen LogP contribution in [0, 0.1) is 11.6 Å². The number of amidine groups is 1. The Balaban J connectivity index is 2.38. The molecule has 0 aliphatic rings. The maximum atomic E-state index is 15.9. The molecule has 0 spiro atoms. The molecule has 0 aliphatic heterocycles. The maximum absolute atomic E-state index is 15.9. The minimum Gasteiger partial charge on any atom is -0.352 e. The van der Waals surface area contributed by atoms with Crippen molar-refractivity contribution in [2.75, 3.05) is 32.1 Å². The summed E-state index contributed by atoms with van der Waals surface area (Å²) in [5, 5.41) is 3.18. The lowest BCUT2D eigenvalue weighted by atomic mass is 9.85. The molecule has 1 heterocycles. The van der Waals surface area contributed by atoms with E-state index in [-0.39, 0.29) is 28.5 Å². The molecule has 1 atom stereocenters. The van der Waals surface area contributed by atoms with Crippen LogP contribution in [0.4, 0.5) is 20.3 Å². The van der Waals surface area contributed by atoms with Gasteiger partial charge in [0.2, 0.25) is 6.41 Å². The molecular formula is C32H39F2N5O. The molecule has 0 bridgehead atoms. The maximum Gasteiger partial charge on any atom is 0.219 e. The summed E-state index contributed by atoms with van der Waals surface area (Å²) < 4.78 is 30.7. The standard InChI is InChI=1S/C32H39F2N5O/c1-8-9-18-38(22(2)20-35-6)30(36-7)24-19-27(34)29(23-14-10-12-16-26(23)33)37-31(24)39(21-40)28-17-13-11-15-25(28)32(3,4)5/h8,10-17,19,21-22,35H,1,9,18,20H2,2-7H3/b36-30+. The molecule has 3 aromatic rings. The number of para-hydroxylation sites is 1. The van der Waals surface area contributed by atoms with Crippen molar-refractivity contribution < 1.29 is 13.6 Å². The predicted octanol–water partition coefficient (Wildman–Crippen LogP) is 6.48. The van der Waals surface area contributed by atoms with Gasteiger partial charge < -0.3 is 10.2 Å². The first-order valence-corrected chi connectivity index (χ1v) is 13.4. The van der Waals surface area contributed by atoms with Gasteiger partial charge in [-0.25, -0.2) is 13.8 Å². The van der Waals surface area contributed by atoms with Crippen LogP contribution in [0.5, 0.6) is 0 Å². The average molecular weight is 548 g/mol. The third-order valence-electron chi connectivity index (χ3n) is 6.72. The molecule has 0 saturated heterocycles. The highest BCUT2D eigenvalue weighted by molar-refractivity contribution is 6.06. The van der Waals surface area contributed by atoms with Crippen LogP contribution in [0.2, 0.25) is 0 Å². The van der Waals surface area contributed by atoms with Crippen LogP contribution >= 0.6 is 0 Å². The van der Waals surface area contributed by atoms with Crippen LogP contribution in [0.25, 0.3) is 11.3 Å². The fourth-order valence-corrected chi connectivity index (χ4v) is 4.78. The summed E-state index contributed by atoms with van der Waals surface area (Å²) in [5.41, 5.74) is 1.32. The number of halogens is 2. The van der Waals surface area contributed by atoms with E-state index >= 15 is 4.39 Å². The molecule has 3 rings (SSSR count). The second kappa shape index (κ2) is 13.4. The number of aliphatic imine (C=N–C) groups is 1. The van der Waals surface area contributed by atoms with Crippen molar-refractivity contribution in [2.24, 2.45) is 4.99 Å². The number of nitrogens with one attached hydrogen (secondary N) is 1. The first-order valence-electron chi connectivity index (χ1n) is 13.4. The van der Waals surface area contributed by atoms with E-state index in [4.69, 9.17) is 0 Å². The van der Waals surface area contributed by atoms with Crippen molar-refractivity contribution in [3.05, 3.63) is 90.0 Å². The Hall–Kier alpha value is -3.91. The topological polar surface area (TPSA) is 60.8 Å². The van der Waals surface area contributed by atoms with Crippen LogP contribution < -0.4 is 10.2 Å². The summed E-state index contributed by atoms with van der Waals surface area (Å²) in [6.07, 6.45) is 3.14. The number of likely N-dealkylation sites (N-methyl/N-ethyl adjacent to an activating group) is 1. The Labute approximate surface area is 236 Å². The van der Waals surface area contributed by atoms with Gasteiger partial charge >= 0.3 is 0 Å². The minimum atomic E-state index is -0.718. The molecule has 8 heteroatoms. The van der Waals surface area contributed by atoms with Crippen molar-refractivity contribution in [2.45, 2.75) is 45.6 Å². The summed E-state index contributed by atoms with van der Waals surface area (Å²) in [4.78, 5) is 25.5. The Morgan fingerprint density at radius 3 is 2.40 bits per heavy atom. The Bertz CT molecular complexity index is 1370. The second-order valence-corrected chi connectivity index (χ2v) is 10.6. The van der Waals surface area contributed by atoms with Gasteiger partial charge in [0.15, 0.2) is 5.82 Å². The van der Waals surface area contributed by atoms with Crippen molar-refractivity contribution in [3.8, 4) is 11.3 Å². The predicted molar refractivity (Wildman–Crippen MR) is 160 cm³/mol. The molecule has 2 aromatic carbocycles. The number of anilines is 2. The SMILES string of the molecule is C=CCCN(/C(=N/C)c1cc(F)c(-c2ccccc2F)nc1N(C=O)c1ccccc1C(C)(C)C)C(C)CNC. The smallest absolute Gasteiger partial charge is 0.219 e. The summed E-state index contributed by atoms with van der Waals surface area (Å²) >= 11 is 0. The fourth-order valence-electron chi connectivity index (χ4n) is 4.78. The molecule has 40 heavy (non-hydrogen) atoms. The number of hydrogen-bond acceptors (Lipinski definition) is 4. The van der Waals surface area contributed by atoms with Crippen molar-refractivity contribution >= 4 is 23.8 Å². The van der Waals surface area contributed by atoms with Gasteiger partial charge in [-0.2, -0.15) is 0 Å². The first-order chi connectivity index (χ1) is 19.1. The number of rotatable bonds is 11. The highest BCUT2D eigenvalue weighted by Crippen LogP contribution is 2.38. The van der Waals surface area contributed by atoms with Crippen LogP contribution in [0.3, 0.4) is 0 Å². The Morgan fingerprint density at radius 1 is 1.12 bits per heavy atom. The monoisotopic (exact) mass is 547 g/mol. The van der Waals surface area contributed by atoms with Crippen molar-refractivity contribution in [3.63, 3.8) is 0 Å². The zero-order valence-electron chi connectivity index (χ0n) is 24.2. The molecule has 1 unspecified atom stereocenters. The highest BCUT2D eigenvalue weighted by atomic mass is 19.1. The third kappa shape index (κ3) is 6.62. The lowest BCUT2D eigenvalue weighted by Crippen LogP contribution is -2.45. The number of carbonyl (C=O) groups excluding carboxylic acids is 1. The van der Waals surface area contributed by atoms with Gasteiger partial charge in [-0.1, -0.05) is 57.2 Å². The first kappa shape index (κ1) is 30.6. The average Bonchev–Trinajstić information content (AvgIpc) is 2.92. The Kier molecular flexibility index (Phi) is 10.3. The number of nitrogens with zero attached hydrogens (tertiary/aromatic N) is 4. The van der Waals surface area contributed by atoms with Gasteiger partial charge in [-0.3, -0.25) is 14.7 Å². The van der Waals surface area contributed by atoms with Crippen LogP contribution in [0.1, 0.15) is 45.2 Å².